The second-order valence-corrected chi connectivity index (χ2v) is 8.31. The zero-order chi connectivity index (χ0) is 24.3. The molecule has 0 saturated carbocycles. The Kier molecular flexibility index (Phi) is 7.26. The molecule has 2 aromatic carbocycles. The van der Waals surface area contributed by atoms with Crippen LogP contribution in [0.25, 0.3) is 0 Å². The first-order valence-corrected chi connectivity index (χ1v) is 10.7. The maximum atomic E-state index is 13.0. The summed E-state index contributed by atoms with van der Waals surface area (Å²) in [4.78, 5) is 36.4. The van der Waals surface area contributed by atoms with E-state index in [0.29, 0.717) is 17.5 Å². The lowest BCUT2D eigenvalue weighted by Crippen LogP contribution is -2.17. The summed E-state index contributed by atoms with van der Waals surface area (Å²) < 4.78 is 28.1. The number of fused-ring (bicyclic) bond motifs is 2. The van der Waals surface area contributed by atoms with Gasteiger partial charge in [0.15, 0.2) is 11.5 Å². The summed E-state index contributed by atoms with van der Waals surface area (Å²) in [6.07, 6.45) is -0.0869. The predicted molar refractivity (Wildman–Crippen MR) is 119 cm³/mol. The van der Waals surface area contributed by atoms with Gasteiger partial charge in [-0.1, -0.05) is 13.8 Å². The Morgan fingerprint density at radius 1 is 1.12 bits per heavy atom. The van der Waals surface area contributed by atoms with Crippen LogP contribution in [0.3, 0.4) is 0 Å². The van der Waals surface area contributed by atoms with Crippen LogP contribution in [0, 0.1) is 12.8 Å². The van der Waals surface area contributed by atoms with Gasteiger partial charge in [0.1, 0.15) is 29.8 Å². The average Bonchev–Trinajstić information content (AvgIpc) is 2.70. The summed E-state index contributed by atoms with van der Waals surface area (Å²) in [5.41, 5.74) is 1.98. The van der Waals surface area contributed by atoms with Crippen LogP contribution < -0.4 is 14.2 Å². The molecule has 1 unspecified atom stereocenters. The number of esters is 3. The molecule has 0 aliphatic carbocycles. The van der Waals surface area contributed by atoms with Crippen molar-refractivity contribution < 1.29 is 38.1 Å². The maximum absolute atomic E-state index is 13.0. The number of hydrogen-bond donors (Lipinski definition) is 0. The van der Waals surface area contributed by atoms with Crippen LogP contribution in [0.4, 0.5) is 0 Å². The molecule has 0 saturated heterocycles. The van der Waals surface area contributed by atoms with Gasteiger partial charge in [-0.3, -0.25) is 9.59 Å². The molecule has 8 heteroatoms. The Balaban J connectivity index is 2.17. The van der Waals surface area contributed by atoms with Gasteiger partial charge in [-0.15, -0.1) is 0 Å². The second-order valence-electron chi connectivity index (χ2n) is 8.31. The zero-order valence-corrected chi connectivity index (χ0v) is 19.6. The van der Waals surface area contributed by atoms with E-state index in [2.05, 4.69) is 0 Å². The van der Waals surface area contributed by atoms with E-state index in [0.717, 1.165) is 5.56 Å². The van der Waals surface area contributed by atoms with Crippen LogP contribution in [0.15, 0.2) is 24.3 Å². The SMILES string of the molecule is COc1c(C(CC(C)C)OC(C)=O)ccc2c1C(=O)OCc1cc(C)cc(OC(C)=O)c1O2. The molecule has 0 spiro atoms. The Hall–Kier alpha value is -3.55. The number of benzene rings is 2. The van der Waals surface area contributed by atoms with E-state index >= 15 is 0 Å². The minimum Gasteiger partial charge on any atom is -0.495 e. The van der Waals surface area contributed by atoms with Gasteiger partial charge < -0.3 is 23.7 Å². The number of aryl methyl sites for hydroxylation is 1. The first kappa shape index (κ1) is 24.1. The number of hydrogen-bond acceptors (Lipinski definition) is 8. The molecule has 0 bridgehead atoms. The summed E-state index contributed by atoms with van der Waals surface area (Å²) in [6.45, 7) is 8.38. The summed E-state index contributed by atoms with van der Waals surface area (Å²) in [7, 11) is 1.42. The minimum atomic E-state index is -0.643. The minimum absolute atomic E-state index is 0.0657. The highest BCUT2D eigenvalue weighted by Gasteiger charge is 2.31. The molecule has 8 nitrogen and oxygen atoms in total. The molecular weight excluding hydrogens is 428 g/mol. The van der Waals surface area contributed by atoms with Crippen molar-refractivity contribution in [3.8, 4) is 23.0 Å². The van der Waals surface area contributed by atoms with Gasteiger partial charge in [0.05, 0.1) is 7.11 Å². The van der Waals surface area contributed by atoms with E-state index < -0.39 is 24.0 Å². The van der Waals surface area contributed by atoms with Crippen molar-refractivity contribution in [2.24, 2.45) is 5.92 Å². The van der Waals surface area contributed by atoms with Crippen molar-refractivity contribution >= 4 is 17.9 Å². The van der Waals surface area contributed by atoms with Crippen LogP contribution >= 0.6 is 0 Å². The van der Waals surface area contributed by atoms with Crippen LogP contribution in [0.1, 0.15) is 67.3 Å². The van der Waals surface area contributed by atoms with Crippen molar-refractivity contribution in [1.29, 1.82) is 0 Å². The van der Waals surface area contributed by atoms with Gasteiger partial charge in [0.2, 0.25) is 0 Å². The van der Waals surface area contributed by atoms with Gasteiger partial charge in [0.25, 0.3) is 0 Å². The number of ether oxygens (including phenoxy) is 5. The van der Waals surface area contributed by atoms with Crippen LogP contribution in [-0.2, 0) is 25.7 Å². The van der Waals surface area contributed by atoms with Crippen molar-refractivity contribution in [2.45, 2.75) is 53.8 Å². The molecule has 2 aromatic rings. The number of methoxy groups -OCH3 is 1. The third-order valence-electron chi connectivity index (χ3n) is 5.00. The van der Waals surface area contributed by atoms with Crippen LogP contribution in [0.2, 0.25) is 0 Å². The highest BCUT2D eigenvalue weighted by Crippen LogP contribution is 2.45. The fourth-order valence-corrected chi connectivity index (χ4v) is 3.79. The Morgan fingerprint density at radius 3 is 2.45 bits per heavy atom. The number of rotatable bonds is 6. The Morgan fingerprint density at radius 2 is 1.85 bits per heavy atom. The van der Waals surface area contributed by atoms with Gasteiger partial charge in [-0.25, -0.2) is 4.79 Å². The summed E-state index contributed by atoms with van der Waals surface area (Å²) in [5, 5.41) is 0. The molecule has 0 fully saturated rings. The molecule has 1 aliphatic heterocycles. The summed E-state index contributed by atoms with van der Waals surface area (Å²) in [6, 6.07) is 6.76. The standard InChI is InChI=1S/C25H28O8/c1-13(2)9-20(31-15(4)26)18-7-8-19-22(24(18)29-6)25(28)30-12-17-10-14(3)11-21(23(17)33-19)32-16(5)27/h7-8,10-11,13,20H,9,12H2,1-6H3. The highest BCUT2D eigenvalue weighted by atomic mass is 16.6. The lowest BCUT2D eigenvalue weighted by atomic mass is 9.96. The molecule has 1 heterocycles. The molecular formula is C25H28O8. The lowest BCUT2D eigenvalue weighted by Gasteiger charge is -2.25. The van der Waals surface area contributed by atoms with Gasteiger partial charge in [-0.2, -0.15) is 0 Å². The maximum Gasteiger partial charge on any atom is 0.346 e. The first-order valence-electron chi connectivity index (χ1n) is 10.7. The summed E-state index contributed by atoms with van der Waals surface area (Å²) >= 11 is 0. The second kappa shape index (κ2) is 9.94. The third-order valence-corrected chi connectivity index (χ3v) is 5.00. The fourth-order valence-electron chi connectivity index (χ4n) is 3.79. The topological polar surface area (TPSA) is 97.4 Å². The predicted octanol–water partition coefficient (Wildman–Crippen LogP) is 5.04. The van der Waals surface area contributed by atoms with Crippen LogP contribution in [0.5, 0.6) is 23.0 Å². The number of carbonyl (C=O) groups excluding carboxylic acids is 3. The van der Waals surface area contributed by atoms with Crippen LogP contribution in [-0.4, -0.2) is 25.0 Å². The third kappa shape index (κ3) is 5.45. The average molecular weight is 456 g/mol. The van der Waals surface area contributed by atoms with Gasteiger partial charge in [-0.05, 0) is 49.1 Å². The van der Waals surface area contributed by atoms with Crippen molar-refractivity contribution in [3.63, 3.8) is 0 Å². The zero-order valence-electron chi connectivity index (χ0n) is 19.6. The van der Waals surface area contributed by atoms with Crippen molar-refractivity contribution in [2.75, 3.05) is 7.11 Å². The summed E-state index contributed by atoms with van der Waals surface area (Å²) in [5.74, 6) is -0.499. The smallest absolute Gasteiger partial charge is 0.346 e. The van der Waals surface area contributed by atoms with E-state index in [1.165, 1.54) is 21.0 Å². The monoisotopic (exact) mass is 456 g/mol. The van der Waals surface area contributed by atoms with E-state index in [4.69, 9.17) is 23.7 Å². The molecule has 1 aliphatic rings. The van der Waals surface area contributed by atoms with Crippen molar-refractivity contribution in [1.82, 2.24) is 0 Å². The largest absolute Gasteiger partial charge is 0.495 e. The Bertz CT molecular complexity index is 1090. The van der Waals surface area contributed by atoms with Gasteiger partial charge in [0, 0.05) is 25.0 Å². The fraction of sp³-hybridized carbons (Fsp3) is 0.400. The molecule has 0 aromatic heterocycles. The van der Waals surface area contributed by atoms with E-state index in [1.807, 2.05) is 20.8 Å². The number of cyclic esters (lactones) is 1. The van der Waals surface area contributed by atoms with Crippen molar-refractivity contribution in [3.05, 3.63) is 46.5 Å². The normalized spacial score (nSPS) is 13.5. The molecule has 33 heavy (non-hydrogen) atoms. The van der Waals surface area contributed by atoms with E-state index in [9.17, 15) is 14.4 Å². The molecule has 0 radical (unpaired) electrons. The highest BCUT2D eigenvalue weighted by molar-refractivity contribution is 5.97. The van der Waals surface area contributed by atoms with E-state index in [-0.39, 0.29) is 41.1 Å². The van der Waals surface area contributed by atoms with Gasteiger partial charge >= 0.3 is 17.9 Å². The number of carbonyl (C=O) groups is 3. The Labute approximate surface area is 192 Å². The quantitative estimate of drug-likeness (QED) is 0.440. The lowest BCUT2D eigenvalue weighted by molar-refractivity contribution is -0.147. The molecule has 176 valence electrons. The first-order chi connectivity index (χ1) is 15.6. The molecule has 1 atom stereocenters. The molecule has 0 amide bonds. The van der Waals surface area contributed by atoms with E-state index in [1.54, 1.807) is 24.3 Å². The molecule has 3 rings (SSSR count). The molecule has 0 N–H and O–H groups in total.